The van der Waals surface area contributed by atoms with E-state index in [0.717, 1.165) is 11.8 Å². The zero-order chi connectivity index (χ0) is 17.7. The molecule has 0 saturated carbocycles. The van der Waals surface area contributed by atoms with Gasteiger partial charge in [0.25, 0.3) is 5.91 Å². The Balaban J connectivity index is 1.94. The van der Waals surface area contributed by atoms with E-state index in [9.17, 15) is 13.2 Å². The lowest BCUT2D eigenvalue weighted by molar-refractivity contribution is 0.0954. The molecule has 0 atom stereocenters. The third kappa shape index (κ3) is 5.70. The number of anilines is 1. The number of rotatable bonds is 6. The molecule has 0 unspecified atom stereocenters. The van der Waals surface area contributed by atoms with Gasteiger partial charge in [-0.3, -0.25) is 9.52 Å². The van der Waals surface area contributed by atoms with Crippen LogP contribution >= 0.6 is 23.2 Å². The van der Waals surface area contributed by atoms with E-state index in [-0.39, 0.29) is 16.6 Å². The first kappa shape index (κ1) is 18.6. The van der Waals surface area contributed by atoms with E-state index in [0.29, 0.717) is 23.6 Å². The summed E-state index contributed by atoms with van der Waals surface area (Å²) in [5.74, 6) is -0.281. The van der Waals surface area contributed by atoms with E-state index in [2.05, 4.69) is 10.0 Å². The minimum atomic E-state index is -3.43. The van der Waals surface area contributed by atoms with Crippen LogP contribution in [0, 0.1) is 0 Å². The first-order chi connectivity index (χ1) is 11.2. The average Bonchev–Trinajstić information content (AvgIpc) is 2.50. The van der Waals surface area contributed by atoms with Crippen molar-refractivity contribution >= 4 is 44.8 Å². The van der Waals surface area contributed by atoms with Gasteiger partial charge in [0.2, 0.25) is 10.0 Å². The number of carbonyl (C=O) groups is 1. The molecule has 0 spiro atoms. The molecule has 0 aliphatic carbocycles. The highest BCUT2D eigenvalue weighted by Gasteiger charge is 2.11. The van der Waals surface area contributed by atoms with Crippen LogP contribution in [0.4, 0.5) is 5.69 Å². The van der Waals surface area contributed by atoms with Crippen molar-refractivity contribution in [3.05, 3.63) is 63.6 Å². The van der Waals surface area contributed by atoms with Crippen molar-refractivity contribution in [2.45, 2.75) is 6.42 Å². The summed E-state index contributed by atoms with van der Waals surface area (Å²) in [6.45, 7) is 0.460. The molecule has 2 N–H and O–H groups in total. The maximum atomic E-state index is 12.1. The first-order valence-electron chi connectivity index (χ1n) is 7.04. The lowest BCUT2D eigenvalue weighted by atomic mass is 10.1. The molecule has 24 heavy (non-hydrogen) atoms. The van der Waals surface area contributed by atoms with Crippen molar-refractivity contribution in [3.8, 4) is 0 Å². The van der Waals surface area contributed by atoms with Crippen LogP contribution in [0.3, 0.4) is 0 Å². The zero-order valence-electron chi connectivity index (χ0n) is 12.8. The molecule has 0 aliphatic heterocycles. The Kier molecular flexibility index (Phi) is 6.10. The fourth-order valence-electron chi connectivity index (χ4n) is 2.01. The van der Waals surface area contributed by atoms with Gasteiger partial charge < -0.3 is 5.32 Å². The number of sulfonamides is 1. The maximum Gasteiger partial charge on any atom is 0.251 e. The minimum Gasteiger partial charge on any atom is -0.352 e. The molecule has 2 aromatic carbocycles. The highest BCUT2D eigenvalue weighted by molar-refractivity contribution is 7.92. The van der Waals surface area contributed by atoms with Gasteiger partial charge in [0.1, 0.15) is 0 Å². The molecule has 0 heterocycles. The summed E-state index contributed by atoms with van der Waals surface area (Å²) in [7, 11) is -3.43. The molecule has 5 nitrogen and oxygen atoms in total. The van der Waals surface area contributed by atoms with E-state index < -0.39 is 10.0 Å². The maximum absolute atomic E-state index is 12.1. The Bertz CT molecular complexity index is 837. The molecule has 8 heteroatoms. The van der Waals surface area contributed by atoms with Crippen LogP contribution in [-0.2, 0) is 16.4 Å². The van der Waals surface area contributed by atoms with E-state index >= 15 is 0 Å². The Labute approximate surface area is 151 Å². The average molecular weight is 387 g/mol. The number of benzene rings is 2. The van der Waals surface area contributed by atoms with Gasteiger partial charge in [0.15, 0.2) is 0 Å². The molecular weight excluding hydrogens is 371 g/mol. The van der Waals surface area contributed by atoms with Crippen LogP contribution in [0.2, 0.25) is 10.0 Å². The fourth-order valence-corrected chi connectivity index (χ4v) is 3.00. The normalized spacial score (nSPS) is 11.1. The number of halogens is 2. The summed E-state index contributed by atoms with van der Waals surface area (Å²) in [6, 6.07) is 11.8. The number of hydrogen-bond donors (Lipinski definition) is 2. The van der Waals surface area contributed by atoms with Gasteiger partial charge >= 0.3 is 0 Å². The third-order valence-electron chi connectivity index (χ3n) is 3.14. The quantitative estimate of drug-likeness (QED) is 0.799. The first-order valence-corrected chi connectivity index (χ1v) is 9.69. The molecule has 0 fully saturated rings. The predicted octanol–water partition coefficient (Wildman–Crippen LogP) is 3.34. The lowest BCUT2D eigenvalue weighted by Crippen LogP contribution is -2.25. The second-order valence-corrected chi connectivity index (χ2v) is 7.79. The summed E-state index contributed by atoms with van der Waals surface area (Å²) in [5, 5.41) is 3.61. The molecule has 2 aromatic rings. The second-order valence-electron chi connectivity index (χ2n) is 5.20. The van der Waals surface area contributed by atoms with Gasteiger partial charge in [-0.1, -0.05) is 35.3 Å². The number of carbonyl (C=O) groups excluding carboxylic acids is 1. The van der Waals surface area contributed by atoms with Crippen molar-refractivity contribution in [1.82, 2.24) is 5.32 Å². The van der Waals surface area contributed by atoms with Crippen molar-refractivity contribution in [3.63, 3.8) is 0 Å². The van der Waals surface area contributed by atoms with Crippen molar-refractivity contribution in [2.75, 3.05) is 17.5 Å². The van der Waals surface area contributed by atoms with Crippen LogP contribution in [0.1, 0.15) is 15.9 Å². The Morgan fingerprint density at radius 2 is 1.75 bits per heavy atom. The van der Waals surface area contributed by atoms with Gasteiger partial charge in [-0.05, 0) is 42.3 Å². The SMILES string of the molecule is CS(=O)(=O)Nc1ccc(C(=O)NCCc2ccc(Cl)cc2)cc1Cl. The molecule has 0 aromatic heterocycles. The van der Waals surface area contributed by atoms with Gasteiger partial charge in [0.05, 0.1) is 17.0 Å². The molecule has 2 rings (SSSR count). The van der Waals surface area contributed by atoms with Crippen LogP contribution in [-0.4, -0.2) is 27.1 Å². The minimum absolute atomic E-state index is 0.158. The van der Waals surface area contributed by atoms with E-state index in [1.54, 1.807) is 12.1 Å². The molecule has 0 saturated heterocycles. The van der Waals surface area contributed by atoms with Gasteiger partial charge in [-0.15, -0.1) is 0 Å². The molecule has 0 bridgehead atoms. The monoisotopic (exact) mass is 386 g/mol. The van der Waals surface area contributed by atoms with Crippen molar-refractivity contribution < 1.29 is 13.2 Å². The van der Waals surface area contributed by atoms with Crippen LogP contribution in [0.25, 0.3) is 0 Å². The van der Waals surface area contributed by atoms with Crippen LogP contribution in [0.5, 0.6) is 0 Å². The molecule has 1 amide bonds. The summed E-state index contributed by atoms with van der Waals surface area (Å²) >= 11 is 11.8. The number of nitrogens with one attached hydrogen (secondary N) is 2. The highest BCUT2D eigenvalue weighted by Crippen LogP contribution is 2.23. The van der Waals surface area contributed by atoms with Gasteiger partial charge in [-0.2, -0.15) is 0 Å². The largest absolute Gasteiger partial charge is 0.352 e. The Morgan fingerprint density at radius 1 is 1.08 bits per heavy atom. The summed E-state index contributed by atoms with van der Waals surface area (Å²) in [5.41, 5.74) is 1.65. The standard InChI is InChI=1S/C16H16Cl2N2O3S/c1-24(22,23)20-15-7-4-12(10-14(15)18)16(21)19-9-8-11-2-5-13(17)6-3-11/h2-7,10,20H,8-9H2,1H3,(H,19,21). The molecule has 128 valence electrons. The predicted molar refractivity (Wildman–Crippen MR) is 97.4 cm³/mol. The Morgan fingerprint density at radius 3 is 2.33 bits per heavy atom. The zero-order valence-corrected chi connectivity index (χ0v) is 15.2. The van der Waals surface area contributed by atoms with Crippen LogP contribution in [0.15, 0.2) is 42.5 Å². The topological polar surface area (TPSA) is 75.3 Å². The molecular formula is C16H16Cl2N2O3S. The van der Waals surface area contributed by atoms with Gasteiger partial charge in [0, 0.05) is 17.1 Å². The number of hydrogen-bond acceptors (Lipinski definition) is 3. The van der Waals surface area contributed by atoms with Gasteiger partial charge in [-0.25, -0.2) is 8.42 Å². The summed E-state index contributed by atoms with van der Waals surface area (Å²) in [4.78, 5) is 12.1. The smallest absolute Gasteiger partial charge is 0.251 e. The number of amides is 1. The summed E-state index contributed by atoms with van der Waals surface area (Å²) in [6.07, 6.45) is 1.70. The molecule has 0 aliphatic rings. The van der Waals surface area contributed by atoms with E-state index in [1.807, 2.05) is 12.1 Å². The van der Waals surface area contributed by atoms with Crippen molar-refractivity contribution in [2.24, 2.45) is 0 Å². The lowest BCUT2D eigenvalue weighted by Gasteiger charge is -2.09. The Hall–Kier alpha value is -1.76. The summed E-state index contributed by atoms with van der Waals surface area (Å²) < 4.78 is 24.7. The van der Waals surface area contributed by atoms with E-state index in [4.69, 9.17) is 23.2 Å². The fraction of sp³-hybridized carbons (Fsp3) is 0.188. The van der Waals surface area contributed by atoms with E-state index in [1.165, 1.54) is 18.2 Å². The second kappa shape index (κ2) is 7.88. The molecule has 0 radical (unpaired) electrons. The third-order valence-corrected chi connectivity index (χ3v) is 4.29. The highest BCUT2D eigenvalue weighted by atomic mass is 35.5. The van der Waals surface area contributed by atoms with Crippen molar-refractivity contribution in [1.29, 1.82) is 0 Å². The van der Waals surface area contributed by atoms with Crippen LogP contribution < -0.4 is 10.0 Å².